The SMILES string of the molecule is Cc1ccc(OC2CCCN(S(=O)(=O)c3cc4c5c(c3)CCN5C(=O)CC4)C2)nn1. The molecule has 1 fully saturated rings. The minimum absolute atomic E-state index is 0.132. The van der Waals surface area contributed by atoms with Crippen molar-refractivity contribution in [2.45, 2.75) is 50.0 Å². The molecule has 1 atom stereocenters. The maximum atomic E-state index is 13.4. The molecule has 8 nitrogen and oxygen atoms in total. The van der Waals surface area contributed by atoms with E-state index in [-0.39, 0.29) is 18.6 Å². The van der Waals surface area contributed by atoms with Crippen molar-refractivity contribution in [3.05, 3.63) is 41.1 Å². The number of sulfonamides is 1. The molecule has 2 aromatic rings. The van der Waals surface area contributed by atoms with E-state index in [0.717, 1.165) is 35.3 Å². The molecule has 0 aliphatic carbocycles. The number of aryl methyl sites for hydroxylation is 2. The first-order chi connectivity index (χ1) is 14.4. The fourth-order valence-corrected chi connectivity index (χ4v) is 6.18. The molecule has 1 saturated heterocycles. The van der Waals surface area contributed by atoms with Gasteiger partial charge in [0.05, 0.1) is 22.8 Å². The van der Waals surface area contributed by atoms with Crippen LogP contribution in [0.4, 0.5) is 5.69 Å². The van der Waals surface area contributed by atoms with Crippen molar-refractivity contribution < 1.29 is 17.9 Å². The lowest BCUT2D eigenvalue weighted by molar-refractivity contribution is -0.118. The Morgan fingerprint density at radius 1 is 1.07 bits per heavy atom. The van der Waals surface area contributed by atoms with Crippen molar-refractivity contribution in [1.82, 2.24) is 14.5 Å². The second-order valence-corrected chi connectivity index (χ2v) is 10.1. The molecule has 0 bridgehead atoms. The quantitative estimate of drug-likeness (QED) is 0.738. The van der Waals surface area contributed by atoms with E-state index in [2.05, 4.69) is 10.2 Å². The summed E-state index contributed by atoms with van der Waals surface area (Å²) in [5.74, 6) is 0.545. The summed E-state index contributed by atoms with van der Waals surface area (Å²) in [5.41, 5.74) is 3.65. The highest BCUT2D eigenvalue weighted by Gasteiger charge is 2.36. The van der Waals surface area contributed by atoms with E-state index in [1.54, 1.807) is 23.1 Å². The predicted octanol–water partition coefficient (Wildman–Crippen LogP) is 1.85. The van der Waals surface area contributed by atoms with Crippen LogP contribution < -0.4 is 9.64 Å². The Morgan fingerprint density at radius 3 is 2.63 bits per heavy atom. The van der Waals surface area contributed by atoms with E-state index in [1.807, 2.05) is 13.0 Å². The van der Waals surface area contributed by atoms with Crippen LogP contribution >= 0.6 is 0 Å². The van der Waals surface area contributed by atoms with Gasteiger partial charge >= 0.3 is 0 Å². The van der Waals surface area contributed by atoms with Crippen LogP contribution in [0.1, 0.15) is 36.1 Å². The van der Waals surface area contributed by atoms with Gasteiger partial charge in [-0.2, -0.15) is 9.40 Å². The lowest BCUT2D eigenvalue weighted by atomic mass is 10.00. The van der Waals surface area contributed by atoms with Gasteiger partial charge in [-0.25, -0.2) is 8.42 Å². The number of anilines is 1. The summed E-state index contributed by atoms with van der Waals surface area (Å²) in [6.07, 6.45) is 2.98. The monoisotopic (exact) mass is 428 g/mol. The zero-order valence-electron chi connectivity index (χ0n) is 16.9. The van der Waals surface area contributed by atoms with Gasteiger partial charge in [0.15, 0.2) is 0 Å². The zero-order chi connectivity index (χ0) is 20.9. The Morgan fingerprint density at radius 2 is 1.87 bits per heavy atom. The van der Waals surface area contributed by atoms with Crippen LogP contribution in [-0.2, 0) is 27.7 Å². The van der Waals surface area contributed by atoms with Crippen molar-refractivity contribution >= 4 is 21.6 Å². The number of nitrogens with zero attached hydrogens (tertiary/aromatic N) is 4. The number of hydrogen-bond acceptors (Lipinski definition) is 6. The van der Waals surface area contributed by atoms with Gasteiger partial charge in [-0.15, -0.1) is 5.10 Å². The third-order valence-corrected chi connectivity index (χ3v) is 7.91. The molecule has 0 radical (unpaired) electrons. The Kier molecular flexibility index (Phi) is 4.74. The minimum Gasteiger partial charge on any atom is -0.472 e. The molecule has 1 aromatic carbocycles. The Bertz CT molecular complexity index is 1100. The third-order valence-electron chi connectivity index (χ3n) is 6.06. The number of carbonyl (C=O) groups is 1. The van der Waals surface area contributed by atoms with Gasteiger partial charge in [-0.3, -0.25) is 4.79 Å². The van der Waals surface area contributed by atoms with Crippen molar-refractivity contribution in [2.75, 3.05) is 24.5 Å². The average molecular weight is 429 g/mol. The normalized spacial score (nSPS) is 21.6. The maximum Gasteiger partial charge on any atom is 0.243 e. The maximum absolute atomic E-state index is 13.4. The number of aromatic nitrogens is 2. The van der Waals surface area contributed by atoms with Crippen LogP contribution in [0.25, 0.3) is 0 Å². The van der Waals surface area contributed by atoms with Crippen LogP contribution in [0, 0.1) is 6.92 Å². The van der Waals surface area contributed by atoms with Crippen molar-refractivity contribution in [1.29, 1.82) is 0 Å². The molecule has 3 aliphatic rings. The van der Waals surface area contributed by atoms with Crippen molar-refractivity contribution in [3.63, 3.8) is 0 Å². The third kappa shape index (κ3) is 3.35. The van der Waals surface area contributed by atoms with Gasteiger partial charge in [0.25, 0.3) is 0 Å². The van der Waals surface area contributed by atoms with E-state index in [4.69, 9.17) is 4.74 Å². The van der Waals surface area contributed by atoms with E-state index >= 15 is 0 Å². The number of benzene rings is 1. The van der Waals surface area contributed by atoms with Crippen LogP contribution in [0.2, 0.25) is 0 Å². The number of piperidine rings is 1. The molecule has 9 heteroatoms. The number of hydrogen-bond donors (Lipinski definition) is 0. The molecule has 1 aromatic heterocycles. The molecule has 0 N–H and O–H groups in total. The van der Waals surface area contributed by atoms with Crippen LogP contribution in [-0.4, -0.2) is 54.6 Å². The molecular weight excluding hydrogens is 404 g/mol. The summed E-state index contributed by atoms with van der Waals surface area (Å²) in [7, 11) is -3.64. The highest BCUT2D eigenvalue weighted by Crippen LogP contribution is 2.39. The first-order valence-corrected chi connectivity index (χ1v) is 11.8. The predicted molar refractivity (Wildman–Crippen MR) is 110 cm³/mol. The lowest BCUT2D eigenvalue weighted by Crippen LogP contribution is -2.44. The van der Waals surface area contributed by atoms with Gasteiger partial charge in [0.2, 0.25) is 21.8 Å². The molecule has 3 aliphatic heterocycles. The smallest absolute Gasteiger partial charge is 0.243 e. The minimum atomic E-state index is -3.64. The molecular formula is C21H24N4O4S. The van der Waals surface area contributed by atoms with Gasteiger partial charge < -0.3 is 9.64 Å². The molecule has 30 heavy (non-hydrogen) atoms. The molecule has 1 amide bonds. The highest BCUT2D eigenvalue weighted by molar-refractivity contribution is 7.89. The molecule has 4 heterocycles. The zero-order valence-corrected chi connectivity index (χ0v) is 17.7. The number of rotatable bonds is 4. The van der Waals surface area contributed by atoms with E-state index in [1.165, 1.54) is 4.31 Å². The fourth-order valence-electron chi connectivity index (χ4n) is 4.56. The molecule has 0 spiro atoms. The summed E-state index contributed by atoms with van der Waals surface area (Å²) in [4.78, 5) is 14.3. The number of carbonyl (C=O) groups excluding carboxylic acids is 1. The number of ether oxygens (including phenoxy) is 1. The van der Waals surface area contributed by atoms with Crippen LogP contribution in [0.15, 0.2) is 29.2 Å². The molecule has 0 saturated carbocycles. The number of amides is 1. The van der Waals surface area contributed by atoms with Crippen molar-refractivity contribution in [3.8, 4) is 5.88 Å². The standard InChI is InChI=1S/C21H24N4O4S/c1-14-4-6-19(23-22-14)29-17-3-2-9-24(13-17)30(27,28)18-11-15-5-7-20(26)25-10-8-16(12-18)21(15)25/h4,6,11-12,17H,2-3,5,7-10,13H2,1H3. The second-order valence-electron chi connectivity index (χ2n) is 8.14. The van der Waals surface area contributed by atoms with Crippen LogP contribution in [0.5, 0.6) is 5.88 Å². The molecule has 1 unspecified atom stereocenters. The second kappa shape index (κ2) is 7.31. The van der Waals surface area contributed by atoms with Gasteiger partial charge in [-0.05, 0) is 61.9 Å². The summed E-state index contributed by atoms with van der Waals surface area (Å²) < 4.78 is 34.3. The lowest BCUT2D eigenvalue weighted by Gasteiger charge is -2.32. The van der Waals surface area contributed by atoms with Gasteiger partial charge in [-0.1, -0.05) is 0 Å². The fraction of sp³-hybridized carbons (Fsp3) is 0.476. The largest absolute Gasteiger partial charge is 0.472 e. The van der Waals surface area contributed by atoms with Crippen LogP contribution in [0.3, 0.4) is 0 Å². The summed E-state index contributed by atoms with van der Waals surface area (Å²) in [5, 5.41) is 8.02. The van der Waals surface area contributed by atoms with E-state index < -0.39 is 10.0 Å². The van der Waals surface area contributed by atoms with Crippen molar-refractivity contribution in [2.24, 2.45) is 0 Å². The summed E-state index contributed by atoms with van der Waals surface area (Å²) in [6.45, 7) is 3.25. The Balaban J connectivity index is 1.39. The topological polar surface area (TPSA) is 92.7 Å². The van der Waals surface area contributed by atoms with Gasteiger partial charge in [0.1, 0.15) is 6.10 Å². The Hall–Kier alpha value is -2.52. The van der Waals surface area contributed by atoms with Gasteiger partial charge in [0, 0.05) is 25.6 Å². The summed E-state index contributed by atoms with van der Waals surface area (Å²) >= 11 is 0. The molecule has 5 rings (SSSR count). The summed E-state index contributed by atoms with van der Waals surface area (Å²) in [6, 6.07) is 7.09. The highest BCUT2D eigenvalue weighted by atomic mass is 32.2. The first-order valence-electron chi connectivity index (χ1n) is 10.3. The average Bonchev–Trinajstić information content (AvgIpc) is 3.18. The molecule has 158 valence electrons. The van der Waals surface area contributed by atoms with E-state index in [9.17, 15) is 13.2 Å². The Labute approximate surface area is 175 Å². The van der Waals surface area contributed by atoms with E-state index in [0.29, 0.717) is 43.1 Å². The first kappa shape index (κ1) is 19.4.